The van der Waals surface area contributed by atoms with Crippen LogP contribution >= 0.6 is 0 Å². The molecule has 4 nitrogen and oxygen atoms in total. The lowest BCUT2D eigenvalue weighted by Crippen LogP contribution is -2.04. The van der Waals surface area contributed by atoms with E-state index in [9.17, 15) is 23.1 Å². The van der Waals surface area contributed by atoms with E-state index in [1.807, 2.05) is 47.2 Å². The predicted octanol–water partition coefficient (Wildman–Crippen LogP) is 6.13. The van der Waals surface area contributed by atoms with Crippen molar-refractivity contribution in [2.45, 2.75) is 19.1 Å². The number of para-hydroxylation sites is 1. The van der Waals surface area contributed by atoms with Crippen molar-refractivity contribution in [1.82, 2.24) is 4.57 Å². The fraction of sp³-hybridized carbons (Fsp3) is 0.125. The minimum atomic E-state index is -4.39. The largest absolute Gasteiger partial charge is 0.481 e. The van der Waals surface area contributed by atoms with Gasteiger partial charge < -0.3 is 14.4 Å². The minimum absolute atomic E-state index is 0.0649. The van der Waals surface area contributed by atoms with E-state index in [1.165, 1.54) is 12.1 Å². The molecule has 0 bridgehead atoms. The summed E-state index contributed by atoms with van der Waals surface area (Å²) >= 11 is 0. The summed E-state index contributed by atoms with van der Waals surface area (Å²) in [7, 11) is 0. The van der Waals surface area contributed by atoms with Crippen LogP contribution in [0.25, 0.3) is 10.9 Å². The number of carboxylic acid groups (broad SMARTS) is 1. The number of rotatable bonds is 6. The summed E-state index contributed by atoms with van der Waals surface area (Å²) in [6.45, 7) is 0.490. The van der Waals surface area contributed by atoms with Crippen LogP contribution in [-0.4, -0.2) is 15.6 Å². The van der Waals surface area contributed by atoms with E-state index in [0.717, 1.165) is 34.2 Å². The van der Waals surface area contributed by atoms with Crippen LogP contribution in [0.1, 0.15) is 16.7 Å². The van der Waals surface area contributed by atoms with Crippen LogP contribution in [0.15, 0.2) is 79.0 Å². The van der Waals surface area contributed by atoms with Gasteiger partial charge in [-0.15, -0.1) is 0 Å². The van der Waals surface area contributed by atoms with Crippen LogP contribution in [0.2, 0.25) is 0 Å². The topological polar surface area (TPSA) is 51.5 Å². The average Bonchev–Trinajstić information content (AvgIpc) is 3.05. The molecule has 0 spiro atoms. The molecule has 0 aliphatic rings. The van der Waals surface area contributed by atoms with Gasteiger partial charge in [0.15, 0.2) is 0 Å². The molecule has 31 heavy (non-hydrogen) atoms. The van der Waals surface area contributed by atoms with Crippen LogP contribution < -0.4 is 4.74 Å². The van der Waals surface area contributed by atoms with Gasteiger partial charge in [0, 0.05) is 23.6 Å². The fourth-order valence-corrected chi connectivity index (χ4v) is 3.51. The standard InChI is InChI=1S/C24H18F3NO3/c25-24(26,27)18-8-10-19(11-9-18)31-20-5-3-4-16(12-20)14-28-15-17(13-23(29)30)21-6-1-2-7-22(21)28/h1-12,15H,13-14H2,(H,29,30). The number of ether oxygens (including phenoxy) is 1. The number of alkyl halides is 3. The molecule has 0 saturated carbocycles. The Bertz CT molecular complexity index is 1230. The summed E-state index contributed by atoms with van der Waals surface area (Å²) in [5, 5.41) is 10.1. The van der Waals surface area contributed by atoms with Crippen molar-refractivity contribution in [3.8, 4) is 11.5 Å². The molecule has 4 rings (SSSR count). The number of benzene rings is 3. The first-order valence-corrected chi connectivity index (χ1v) is 9.52. The molecule has 7 heteroatoms. The molecule has 158 valence electrons. The maximum atomic E-state index is 12.7. The van der Waals surface area contributed by atoms with E-state index in [-0.39, 0.29) is 6.42 Å². The van der Waals surface area contributed by atoms with Gasteiger partial charge in [-0.05, 0) is 53.6 Å². The van der Waals surface area contributed by atoms with E-state index in [0.29, 0.717) is 18.0 Å². The van der Waals surface area contributed by atoms with Gasteiger partial charge >= 0.3 is 12.1 Å². The van der Waals surface area contributed by atoms with E-state index in [4.69, 9.17) is 4.74 Å². The maximum Gasteiger partial charge on any atom is 0.416 e. The number of aliphatic carboxylic acids is 1. The van der Waals surface area contributed by atoms with Crippen molar-refractivity contribution in [2.24, 2.45) is 0 Å². The molecular formula is C24H18F3NO3. The molecule has 0 saturated heterocycles. The van der Waals surface area contributed by atoms with E-state index >= 15 is 0 Å². The van der Waals surface area contributed by atoms with Gasteiger partial charge in [0.25, 0.3) is 0 Å². The smallest absolute Gasteiger partial charge is 0.416 e. The predicted molar refractivity (Wildman–Crippen MR) is 110 cm³/mol. The van der Waals surface area contributed by atoms with Crippen molar-refractivity contribution in [3.63, 3.8) is 0 Å². The highest BCUT2D eigenvalue weighted by Crippen LogP contribution is 2.31. The van der Waals surface area contributed by atoms with Crippen LogP contribution in [0, 0.1) is 0 Å². The zero-order chi connectivity index (χ0) is 22.0. The number of carbonyl (C=O) groups is 1. The minimum Gasteiger partial charge on any atom is -0.481 e. The Morgan fingerprint density at radius 3 is 2.39 bits per heavy atom. The van der Waals surface area contributed by atoms with Gasteiger partial charge in [0.05, 0.1) is 12.0 Å². The number of carboxylic acids is 1. The van der Waals surface area contributed by atoms with Crippen molar-refractivity contribution >= 4 is 16.9 Å². The van der Waals surface area contributed by atoms with Gasteiger partial charge in [-0.25, -0.2) is 0 Å². The first kappa shape index (κ1) is 20.5. The molecule has 0 aliphatic heterocycles. The Labute approximate surface area is 176 Å². The molecule has 4 aromatic rings. The van der Waals surface area contributed by atoms with E-state index in [1.54, 1.807) is 12.1 Å². The Kier molecular flexibility index (Phi) is 5.42. The summed E-state index contributed by atoms with van der Waals surface area (Å²) in [5.41, 5.74) is 1.84. The third-order valence-electron chi connectivity index (χ3n) is 4.88. The lowest BCUT2D eigenvalue weighted by molar-refractivity contribution is -0.138. The number of halogens is 3. The molecule has 0 radical (unpaired) electrons. The summed E-state index contributed by atoms with van der Waals surface area (Å²) in [5.74, 6) is -0.0883. The quantitative estimate of drug-likeness (QED) is 0.404. The lowest BCUT2D eigenvalue weighted by atomic mass is 10.1. The Morgan fingerprint density at radius 2 is 1.68 bits per heavy atom. The molecule has 1 N–H and O–H groups in total. The third kappa shape index (κ3) is 4.71. The zero-order valence-electron chi connectivity index (χ0n) is 16.3. The first-order valence-electron chi connectivity index (χ1n) is 9.52. The molecule has 0 aliphatic carbocycles. The third-order valence-corrected chi connectivity index (χ3v) is 4.88. The Hall–Kier alpha value is -3.74. The zero-order valence-corrected chi connectivity index (χ0v) is 16.3. The maximum absolute atomic E-state index is 12.7. The van der Waals surface area contributed by atoms with Gasteiger partial charge in [0.2, 0.25) is 0 Å². The molecule has 3 aromatic carbocycles. The molecule has 0 unspecified atom stereocenters. The monoisotopic (exact) mass is 425 g/mol. The number of hydrogen-bond donors (Lipinski definition) is 1. The Morgan fingerprint density at radius 1 is 0.935 bits per heavy atom. The summed E-state index contributed by atoms with van der Waals surface area (Å²) < 4.78 is 45.8. The van der Waals surface area contributed by atoms with Crippen molar-refractivity contribution < 1.29 is 27.8 Å². The van der Waals surface area contributed by atoms with Gasteiger partial charge in [0.1, 0.15) is 11.5 Å². The average molecular weight is 425 g/mol. The van der Waals surface area contributed by atoms with Gasteiger partial charge in [-0.2, -0.15) is 13.2 Å². The van der Waals surface area contributed by atoms with Gasteiger partial charge in [-0.3, -0.25) is 4.79 Å². The molecule has 1 aromatic heterocycles. The van der Waals surface area contributed by atoms with Crippen molar-refractivity contribution in [3.05, 3.63) is 95.7 Å². The number of hydrogen-bond acceptors (Lipinski definition) is 2. The lowest BCUT2D eigenvalue weighted by Gasteiger charge is -2.11. The first-order chi connectivity index (χ1) is 14.8. The fourth-order valence-electron chi connectivity index (χ4n) is 3.51. The number of aromatic nitrogens is 1. The van der Waals surface area contributed by atoms with Gasteiger partial charge in [-0.1, -0.05) is 30.3 Å². The van der Waals surface area contributed by atoms with Crippen LogP contribution in [0.4, 0.5) is 13.2 Å². The molecule has 0 amide bonds. The summed E-state index contributed by atoms with van der Waals surface area (Å²) in [4.78, 5) is 11.2. The molecule has 0 atom stereocenters. The second-order valence-electron chi connectivity index (χ2n) is 7.14. The van der Waals surface area contributed by atoms with E-state index < -0.39 is 17.7 Å². The van der Waals surface area contributed by atoms with Crippen LogP contribution in [-0.2, 0) is 23.9 Å². The van der Waals surface area contributed by atoms with E-state index in [2.05, 4.69) is 0 Å². The summed E-state index contributed by atoms with van der Waals surface area (Å²) in [6.07, 6.45) is -2.62. The second-order valence-corrected chi connectivity index (χ2v) is 7.14. The SMILES string of the molecule is O=C(O)Cc1cn(Cc2cccc(Oc3ccc(C(F)(F)F)cc3)c2)c2ccccc12. The number of nitrogens with zero attached hydrogens (tertiary/aromatic N) is 1. The van der Waals surface area contributed by atoms with Crippen molar-refractivity contribution in [1.29, 1.82) is 0 Å². The van der Waals surface area contributed by atoms with Crippen LogP contribution in [0.3, 0.4) is 0 Å². The highest BCUT2D eigenvalue weighted by atomic mass is 19.4. The van der Waals surface area contributed by atoms with Crippen LogP contribution in [0.5, 0.6) is 11.5 Å². The normalized spacial score (nSPS) is 11.6. The highest BCUT2D eigenvalue weighted by molar-refractivity contribution is 5.87. The molecule has 0 fully saturated rings. The van der Waals surface area contributed by atoms with Crippen molar-refractivity contribution in [2.75, 3.05) is 0 Å². The summed E-state index contributed by atoms with van der Waals surface area (Å²) in [6, 6.07) is 19.4. The highest BCUT2D eigenvalue weighted by Gasteiger charge is 2.30. The second kappa shape index (κ2) is 8.18. The molecule has 1 heterocycles. The molecular weight excluding hydrogens is 407 g/mol. The Balaban J connectivity index is 1.56. The number of fused-ring (bicyclic) bond motifs is 1.